The van der Waals surface area contributed by atoms with Crippen LogP contribution in [0.3, 0.4) is 0 Å². The summed E-state index contributed by atoms with van der Waals surface area (Å²) >= 11 is 0. The highest BCUT2D eigenvalue weighted by atomic mass is 16.2. The monoisotopic (exact) mass is 233 g/mol. The molecule has 0 spiro atoms. The molecule has 0 aliphatic heterocycles. The molecule has 1 atom stereocenters. The van der Waals surface area contributed by atoms with E-state index in [0.29, 0.717) is 23.6 Å². The van der Waals surface area contributed by atoms with Crippen LogP contribution < -0.4 is 16.4 Å². The van der Waals surface area contributed by atoms with Gasteiger partial charge in [-0.2, -0.15) is 5.26 Å². The highest BCUT2D eigenvalue weighted by Crippen LogP contribution is 2.15. The molecular weight excluding hydrogens is 218 g/mol. The van der Waals surface area contributed by atoms with Gasteiger partial charge in [0.1, 0.15) is 17.9 Å². The van der Waals surface area contributed by atoms with Gasteiger partial charge in [0.15, 0.2) is 0 Å². The molecule has 0 aliphatic carbocycles. The molecule has 0 saturated heterocycles. The van der Waals surface area contributed by atoms with Crippen LogP contribution in [-0.2, 0) is 4.79 Å². The van der Waals surface area contributed by atoms with E-state index in [1.807, 2.05) is 13.0 Å². The quantitative estimate of drug-likeness (QED) is 0.701. The van der Waals surface area contributed by atoms with Gasteiger partial charge in [-0.05, 0) is 19.9 Å². The van der Waals surface area contributed by atoms with Crippen LogP contribution in [-0.4, -0.2) is 23.5 Å². The van der Waals surface area contributed by atoms with E-state index in [4.69, 9.17) is 11.0 Å². The molecule has 6 heteroatoms. The third-order valence-corrected chi connectivity index (χ3v) is 2.13. The Morgan fingerprint density at radius 3 is 3.00 bits per heavy atom. The second-order valence-corrected chi connectivity index (χ2v) is 3.54. The Balaban J connectivity index is 2.82. The van der Waals surface area contributed by atoms with Crippen molar-refractivity contribution in [2.45, 2.75) is 19.9 Å². The molecule has 1 rings (SSSR count). The molecule has 1 aromatic heterocycles. The second kappa shape index (κ2) is 5.70. The van der Waals surface area contributed by atoms with E-state index in [1.54, 1.807) is 6.92 Å². The van der Waals surface area contributed by atoms with Crippen LogP contribution in [0, 0.1) is 11.3 Å². The predicted molar refractivity (Wildman–Crippen MR) is 65.1 cm³/mol. The first-order chi connectivity index (χ1) is 8.08. The topological polar surface area (TPSA) is 104 Å². The summed E-state index contributed by atoms with van der Waals surface area (Å²) in [7, 11) is 0. The summed E-state index contributed by atoms with van der Waals surface area (Å²) in [6.07, 6.45) is 1.44. The number of anilines is 2. The van der Waals surface area contributed by atoms with Crippen molar-refractivity contribution >= 4 is 17.4 Å². The van der Waals surface area contributed by atoms with Crippen LogP contribution in [0.1, 0.15) is 19.4 Å². The van der Waals surface area contributed by atoms with Crippen molar-refractivity contribution < 1.29 is 4.79 Å². The molecular formula is C11H15N5O. The van der Waals surface area contributed by atoms with Gasteiger partial charge in [-0.1, -0.05) is 0 Å². The Labute approximate surface area is 99.8 Å². The lowest BCUT2D eigenvalue weighted by Gasteiger charge is -2.14. The molecule has 1 unspecified atom stereocenters. The first-order valence-corrected chi connectivity index (χ1v) is 5.28. The van der Waals surface area contributed by atoms with E-state index >= 15 is 0 Å². The largest absolute Gasteiger partial charge is 0.397 e. The number of nitrogens with two attached hydrogens (primary N) is 1. The summed E-state index contributed by atoms with van der Waals surface area (Å²) in [5.74, 6) is 0.218. The number of carbonyl (C=O) groups is 1. The fourth-order valence-electron chi connectivity index (χ4n) is 1.28. The fraction of sp³-hybridized carbons (Fsp3) is 0.364. The van der Waals surface area contributed by atoms with Crippen molar-refractivity contribution in [1.29, 1.82) is 5.26 Å². The highest BCUT2D eigenvalue weighted by Gasteiger charge is 2.14. The van der Waals surface area contributed by atoms with Crippen LogP contribution in [0.4, 0.5) is 11.5 Å². The molecule has 0 aliphatic rings. The maximum atomic E-state index is 11.5. The number of likely N-dealkylation sites (N-methyl/N-ethyl adjacent to an activating group) is 1. The number of nitriles is 1. The van der Waals surface area contributed by atoms with E-state index in [2.05, 4.69) is 15.6 Å². The van der Waals surface area contributed by atoms with Crippen molar-refractivity contribution in [1.82, 2.24) is 10.3 Å². The summed E-state index contributed by atoms with van der Waals surface area (Å²) in [6, 6.07) is 3.03. The zero-order valence-electron chi connectivity index (χ0n) is 9.82. The summed E-state index contributed by atoms with van der Waals surface area (Å²) < 4.78 is 0. The number of hydrogen-bond donors (Lipinski definition) is 3. The Kier molecular flexibility index (Phi) is 4.29. The van der Waals surface area contributed by atoms with Crippen LogP contribution in [0.2, 0.25) is 0 Å². The first-order valence-electron chi connectivity index (χ1n) is 5.28. The molecule has 17 heavy (non-hydrogen) atoms. The number of amides is 1. The van der Waals surface area contributed by atoms with E-state index in [-0.39, 0.29) is 5.91 Å². The zero-order chi connectivity index (χ0) is 12.8. The number of nitrogens with zero attached hydrogens (tertiary/aromatic N) is 2. The highest BCUT2D eigenvalue weighted by molar-refractivity contribution is 5.84. The van der Waals surface area contributed by atoms with Gasteiger partial charge in [0.2, 0.25) is 5.91 Å². The van der Waals surface area contributed by atoms with Crippen molar-refractivity contribution in [3.05, 3.63) is 17.8 Å². The zero-order valence-corrected chi connectivity index (χ0v) is 9.82. The molecule has 1 amide bonds. The van der Waals surface area contributed by atoms with Gasteiger partial charge in [0.25, 0.3) is 0 Å². The molecule has 0 aromatic carbocycles. The summed E-state index contributed by atoms with van der Waals surface area (Å²) in [4.78, 5) is 15.5. The smallest absolute Gasteiger partial charge is 0.242 e. The number of aromatic nitrogens is 1. The SMILES string of the molecule is CCNC(=O)C(C)Nc1ncc(N)cc1C#N. The molecule has 0 fully saturated rings. The van der Waals surface area contributed by atoms with Gasteiger partial charge in [-0.3, -0.25) is 4.79 Å². The third kappa shape index (κ3) is 3.34. The third-order valence-electron chi connectivity index (χ3n) is 2.13. The van der Waals surface area contributed by atoms with E-state index in [0.717, 1.165) is 0 Å². The average molecular weight is 233 g/mol. The van der Waals surface area contributed by atoms with E-state index in [1.165, 1.54) is 12.3 Å². The van der Waals surface area contributed by atoms with Crippen molar-refractivity contribution in [2.75, 3.05) is 17.6 Å². The van der Waals surface area contributed by atoms with Crippen LogP contribution >= 0.6 is 0 Å². The van der Waals surface area contributed by atoms with Gasteiger partial charge in [0, 0.05) is 6.54 Å². The first kappa shape index (κ1) is 12.8. The number of nitrogens with one attached hydrogen (secondary N) is 2. The minimum absolute atomic E-state index is 0.144. The Bertz CT molecular complexity index is 452. The Morgan fingerprint density at radius 1 is 1.71 bits per heavy atom. The van der Waals surface area contributed by atoms with Gasteiger partial charge in [0.05, 0.1) is 17.4 Å². The predicted octanol–water partition coefficient (Wildman–Crippen LogP) is 0.472. The van der Waals surface area contributed by atoms with Crippen LogP contribution in [0.15, 0.2) is 12.3 Å². The standard InChI is InChI=1S/C11H15N5O/c1-3-14-11(17)7(2)16-10-8(5-12)4-9(13)6-15-10/h4,6-7H,3,13H2,1-2H3,(H,14,17)(H,15,16). The number of hydrogen-bond acceptors (Lipinski definition) is 5. The van der Waals surface area contributed by atoms with Crippen molar-refractivity contribution in [3.8, 4) is 6.07 Å². The second-order valence-electron chi connectivity index (χ2n) is 3.54. The van der Waals surface area contributed by atoms with Crippen molar-refractivity contribution in [3.63, 3.8) is 0 Å². The summed E-state index contributed by atoms with van der Waals surface area (Å²) in [5.41, 5.74) is 6.26. The van der Waals surface area contributed by atoms with E-state index < -0.39 is 6.04 Å². The van der Waals surface area contributed by atoms with Gasteiger partial charge < -0.3 is 16.4 Å². The Morgan fingerprint density at radius 2 is 2.41 bits per heavy atom. The minimum atomic E-state index is -0.460. The Hall–Kier alpha value is -2.29. The average Bonchev–Trinajstić information content (AvgIpc) is 2.31. The van der Waals surface area contributed by atoms with Crippen molar-refractivity contribution in [2.24, 2.45) is 0 Å². The van der Waals surface area contributed by atoms with Gasteiger partial charge >= 0.3 is 0 Å². The van der Waals surface area contributed by atoms with Gasteiger partial charge in [-0.25, -0.2) is 4.98 Å². The number of rotatable bonds is 4. The maximum absolute atomic E-state index is 11.5. The van der Waals surface area contributed by atoms with Gasteiger partial charge in [-0.15, -0.1) is 0 Å². The molecule has 0 saturated carbocycles. The molecule has 4 N–H and O–H groups in total. The van der Waals surface area contributed by atoms with Crippen LogP contribution in [0.25, 0.3) is 0 Å². The number of nitrogen functional groups attached to an aromatic ring is 1. The van der Waals surface area contributed by atoms with E-state index in [9.17, 15) is 4.79 Å². The molecule has 6 nitrogen and oxygen atoms in total. The lowest BCUT2D eigenvalue weighted by atomic mass is 10.2. The summed E-state index contributed by atoms with van der Waals surface area (Å²) in [5, 5.41) is 14.5. The number of pyridine rings is 1. The lowest BCUT2D eigenvalue weighted by Crippen LogP contribution is -2.37. The molecule has 1 aromatic rings. The molecule has 1 heterocycles. The minimum Gasteiger partial charge on any atom is -0.397 e. The molecule has 0 radical (unpaired) electrons. The maximum Gasteiger partial charge on any atom is 0.242 e. The molecule has 0 bridgehead atoms. The van der Waals surface area contributed by atoms with Crippen LogP contribution in [0.5, 0.6) is 0 Å². The number of carbonyl (C=O) groups excluding carboxylic acids is 1. The lowest BCUT2D eigenvalue weighted by molar-refractivity contribution is -0.121. The summed E-state index contributed by atoms with van der Waals surface area (Å²) in [6.45, 7) is 4.10. The molecule has 90 valence electrons. The fourth-order valence-corrected chi connectivity index (χ4v) is 1.28. The normalized spacial score (nSPS) is 11.4.